The van der Waals surface area contributed by atoms with Crippen LogP contribution in [0.1, 0.15) is 11.1 Å². The van der Waals surface area contributed by atoms with E-state index < -0.39 is 21.6 Å². The molecule has 10 heavy (non-hydrogen) atoms. The third-order valence-electron chi connectivity index (χ3n) is 1.89. The van der Waals surface area contributed by atoms with Crippen LogP contribution in [0, 0.1) is 13.8 Å². The van der Waals surface area contributed by atoms with Gasteiger partial charge < -0.3 is 0 Å². The molecule has 0 radical (unpaired) electrons. The van der Waals surface area contributed by atoms with Crippen molar-refractivity contribution in [2.24, 2.45) is 0 Å². The second kappa shape index (κ2) is 3.39. The number of aryl methyl sites for hydroxylation is 1. The Hall–Kier alpha value is -0.0213. The molecule has 2 heteroatoms. The molecule has 0 unspecified atom stereocenters. The number of hydrogen-bond donors (Lipinski definition) is 1. The molecule has 0 fully saturated rings. The van der Waals surface area contributed by atoms with E-state index in [-0.39, 0.29) is 0 Å². The van der Waals surface area contributed by atoms with Gasteiger partial charge in [0, 0.05) is 0 Å². The number of hydrogen-bond acceptors (Lipinski definition) is 1. The van der Waals surface area contributed by atoms with E-state index in [1.165, 1.54) is 14.7 Å². The standard InChI is InChI=1S/C8H9.H2O.Sn.2H/c1-7-5-3-4-6-8(7)2;;;;/h3-5H,1-2H3;1H2;;;/q;;+1;;/p-1. The Kier molecular flexibility index (Phi) is 2.74. The minimum absolute atomic E-state index is 1.24. The SMILES string of the molecule is Cc1ccc[c]([SnH2][OH])c1C. The molecule has 0 heterocycles. The molecule has 0 saturated carbocycles. The average molecular weight is 243 g/mol. The van der Waals surface area contributed by atoms with E-state index in [4.69, 9.17) is 3.44 Å². The monoisotopic (exact) mass is 244 g/mol. The Balaban J connectivity index is 3.14. The molecule has 1 aromatic carbocycles. The minimum atomic E-state index is -1.53. The summed E-state index contributed by atoms with van der Waals surface area (Å²) in [5.74, 6) is 0. The Morgan fingerprint density at radius 3 is 2.50 bits per heavy atom. The predicted octanol–water partition coefficient (Wildman–Crippen LogP) is 0.00484. The zero-order valence-corrected chi connectivity index (χ0v) is 10.4. The molecule has 1 N–H and O–H groups in total. The van der Waals surface area contributed by atoms with Crippen molar-refractivity contribution in [3.8, 4) is 0 Å². The zero-order valence-electron chi connectivity index (χ0n) is 6.39. The predicted molar refractivity (Wildman–Crippen MR) is 46.3 cm³/mol. The molecule has 1 nitrogen and oxygen atoms in total. The van der Waals surface area contributed by atoms with Crippen LogP contribution in [0.25, 0.3) is 0 Å². The first-order valence-electron chi connectivity index (χ1n) is 3.41. The zero-order chi connectivity index (χ0) is 7.56. The van der Waals surface area contributed by atoms with Crippen LogP contribution in [-0.4, -0.2) is 25.0 Å². The molecule has 0 spiro atoms. The fraction of sp³-hybridized carbons (Fsp3) is 0.250. The third kappa shape index (κ3) is 1.52. The molecule has 0 saturated heterocycles. The van der Waals surface area contributed by atoms with Gasteiger partial charge in [-0.15, -0.1) is 0 Å². The fourth-order valence-corrected chi connectivity index (χ4v) is 3.15. The van der Waals surface area contributed by atoms with Gasteiger partial charge in [0.05, 0.1) is 0 Å². The maximum atomic E-state index is 9.05. The quantitative estimate of drug-likeness (QED) is 0.688. The molecule has 0 aliphatic carbocycles. The van der Waals surface area contributed by atoms with Gasteiger partial charge in [-0.05, 0) is 0 Å². The summed E-state index contributed by atoms with van der Waals surface area (Å²) >= 11 is -1.53. The summed E-state index contributed by atoms with van der Waals surface area (Å²) in [5, 5.41) is 0. The van der Waals surface area contributed by atoms with Gasteiger partial charge in [0.15, 0.2) is 0 Å². The van der Waals surface area contributed by atoms with E-state index in [2.05, 4.69) is 19.9 Å². The normalized spacial score (nSPS) is 11.1. The molecule has 0 aromatic heterocycles. The molecule has 0 aliphatic rings. The summed E-state index contributed by atoms with van der Waals surface area (Å²) in [5.41, 5.74) is 2.59. The maximum absolute atomic E-state index is 9.05. The van der Waals surface area contributed by atoms with Crippen molar-refractivity contribution in [1.82, 2.24) is 0 Å². The van der Waals surface area contributed by atoms with Crippen LogP contribution in [-0.2, 0) is 0 Å². The van der Waals surface area contributed by atoms with Gasteiger partial charge in [0.2, 0.25) is 0 Å². The number of rotatable bonds is 1. The van der Waals surface area contributed by atoms with Crippen molar-refractivity contribution in [1.29, 1.82) is 0 Å². The van der Waals surface area contributed by atoms with Gasteiger partial charge >= 0.3 is 71.8 Å². The summed E-state index contributed by atoms with van der Waals surface area (Å²) in [4.78, 5) is 0. The summed E-state index contributed by atoms with van der Waals surface area (Å²) < 4.78 is 10.3. The van der Waals surface area contributed by atoms with E-state index in [1.807, 2.05) is 12.1 Å². The molecule has 1 rings (SSSR count). The molecule has 0 amide bonds. The van der Waals surface area contributed by atoms with Crippen LogP contribution in [0.5, 0.6) is 0 Å². The molecular formula is C8H12OSn. The van der Waals surface area contributed by atoms with Crippen LogP contribution in [0.3, 0.4) is 0 Å². The van der Waals surface area contributed by atoms with E-state index in [0.29, 0.717) is 0 Å². The first-order chi connectivity index (χ1) is 4.75. The van der Waals surface area contributed by atoms with Crippen LogP contribution < -0.4 is 3.58 Å². The van der Waals surface area contributed by atoms with E-state index in [9.17, 15) is 0 Å². The summed E-state index contributed by atoms with van der Waals surface area (Å²) in [6.45, 7) is 4.16. The van der Waals surface area contributed by atoms with Crippen molar-refractivity contribution in [3.63, 3.8) is 0 Å². The first kappa shape index (κ1) is 8.08. The van der Waals surface area contributed by atoms with E-state index in [1.54, 1.807) is 0 Å². The van der Waals surface area contributed by atoms with Crippen molar-refractivity contribution in [2.45, 2.75) is 13.8 Å². The molecule has 54 valence electrons. The van der Waals surface area contributed by atoms with Crippen LogP contribution in [0.2, 0.25) is 0 Å². The topological polar surface area (TPSA) is 20.2 Å². The number of benzene rings is 1. The van der Waals surface area contributed by atoms with Gasteiger partial charge in [-0.1, -0.05) is 0 Å². The van der Waals surface area contributed by atoms with Crippen LogP contribution >= 0.6 is 0 Å². The van der Waals surface area contributed by atoms with E-state index >= 15 is 0 Å². The average Bonchev–Trinajstić information content (AvgIpc) is 1.95. The Labute approximate surface area is 71.8 Å². The van der Waals surface area contributed by atoms with Crippen molar-refractivity contribution >= 4 is 25.1 Å². The van der Waals surface area contributed by atoms with Gasteiger partial charge in [0.1, 0.15) is 0 Å². The Morgan fingerprint density at radius 2 is 2.00 bits per heavy atom. The van der Waals surface area contributed by atoms with Crippen molar-refractivity contribution in [3.05, 3.63) is 29.3 Å². The molecular weight excluding hydrogens is 231 g/mol. The van der Waals surface area contributed by atoms with Crippen molar-refractivity contribution in [2.75, 3.05) is 0 Å². The Bertz CT molecular complexity index is 233. The van der Waals surface area contributed by atoms with Gasteiger partial charge in [0.25, 0.3) is 0 Å². The summed E-state index contributed by atoms with van der Waals surface area (Å²) in [7, 11) is 0. The third-order valence-corrected chi connectivity index (χ3v) is 5.05. The van der Waals surface area contributed by atoms with Crippen LogP contribution in [0.15, 0.2) is 18.2 Å². The summed E-state index contributed by atoms with van der Waals surface area (Å²) in [6, 6.07) is 6.14. The molecule has 0 aliphatic heterocycles. The molecule has 1 aromatic rings. The molecule has 0 atom stereocenters. The van der Waals surface area contributed by atoms with Gasteiger partial charge in [-0.3, -0.25) is 0 Å². The van der Waals surface area contributed by atoms with Crippen LogP contribution in [0.4, 0.5) is 0 Å². The van der Waals surface area contributed by atoms with Gasteiger partial charge in [-0.25, -0.2) is 0 Å². The summed E-state index contributed by atoms with van der Waals surface area (Å²) in [6.07, 6.45) is 0. The molecule has 0 bridgehead atoms. The second-order valence-electron chi connectivity index (χ2n) is 2.52. The fourth-order valence-electron chi connectivity index (χ4n) is 0.983. The van der Waals surface area contributed by atoms with Gasteiger partial charge in [-0.2, -0.15) is 0 Å². The first-order valence-corrected chi connectivity index (χ1v) is 7.24. The Morgan fingerprint density at radius 1 is 1.30 bits per heavy atom. The van der Waals surface area contributed by atoms with Crippen molar-refractivity contribution < 1.29 is 3.44 Å². The van der Waals surface area contributed by atoms with E-state index in [0.717, 1.165) is 0 Å². The second-order valence-corrected chi connectivity index (χ2v) is 5.59.